The van der Waals surface area contributed by atoms with E-state index in [0.717, 1.165) is 10.0 Å². The minimum atomic E-state index is -0.794. The standard InChI is InChI=1S/C14H12BrNO5/c1-7-5-4-6-8(9(7)15)12-16-10(13(17)19-2)11(21-12)14(18)20-3/h4-6H,1-3H3. The second-order valence-electron chi connectivity index (χ2n) is 4.12. The van der Waals surface area contributed by atoms with Crippen LogP contribution in [-0.2, 0) is 9.47 Å². The van der Waals surface area contributed by atoms with Gasteiger partial charge in [-0.3, -0.25) is 0 Å². The third-order valence-electron chi connectivity index (χ3n) is 2.80. The van der Waals surface area contributed by atoms with Crippen molar-refractivity contribution in [1.29, 1.82) is 0 Å². The van der Waals surface area contributed by atoms with Gasteiger partial charge >= 0.3 is 11.9 Å². The van der Waals surface area contributed by atoms with Crippen molar-refractivity contribution in [2.24, 2.45) is 0 Å². The summed E-state index contributed by atoms with van der Waals surface area (Å²) < 4.78 is 15.3. The molecule has 0 amide bonds. The molecule has 0 fully saturated rings. The maximum absolute atomic E-state index is 11.7. The fourth-order valence-electron chi connectivity index (χ4n) is 1.71. The Balaban J connectivity index is 2.61. The summed E-state index contributed by atoms with van der Waals surface area (Å²) in [5.74, 6) is -1.72. The number of hydrogen-bond donors (Lipinski definition) is 0. The van der Waals surface area contributed by atoms with Gasteiger partial charge in [0.1, 0.15) is 0 Å². The number of carbonyl (C=O) groups excluding carboxylic acids is 2. The van der Waals surface area contributed by atoms with Gasteiger partial charge in [0.25, 0.3) is 0 Å². The Hall–Kier alpha value is -2.15. The van der Waals surface area contributed by atoms with Crippen LogP contribution in [0.4, 0.5) is 0 Å². The van der Waals surface area contributed by atoms with Crippen LogP contribution in [0.15, 0.2) is 27.1 Å². The van der Waals surface area contributed by atoms with Crippen LogP contribution in [0.3, 0.4) is 0 Å². The van der Waals surface area contributed by atoms with Crippen molar-refractivity contribution in [3.8, 4) is 11.5 Å². The molecule has 0 unspecified atom stereocenters. The SMILES string of the molecule is COC(=O)c1nc(-c2cccc(C)c2Br)oc1C(=O)OC. The smallest absolute Gasteiger partial charge is 0.376 e. The van der Waals surface area contributed by atoms with E-state index in [-0.39, 0.29) is 17.3 Å². The quantitative estimate of drug-likeness (QED) is 0.789. The number of ether oxygens (including phenoxy) is 2. The topological polar surface area (TPSA) is 78.6 Å². The lowest BCUT2D eigenvalue weighted by Gasteiger charge is -2.02. The number of aryl methyl sites for hydroxylation is 1. The third kappa shape index (κ3) is 2.82. The van der Waals surface area contributed by atoms with E-state index in [4.69, 9.17) is 4.42 Å². The monoisotopic (exact) mass is 353 g/mol. The fourth-order valence-corrected chi connectivity index (χ4v) is 2.15. The molecule has 1 aromatic heterocycles. The number of rotatable bonds is 3. The Kier molecular flexibility index (Phi) is 4.42. The minimum Gasteiger partial charge on any atom is -0.464 e. The van der Waals surface area contributed by atoms with Crippen LogP contribution < -0.4 is 0 Å². The average Bonchev–Trinajstić information content (AvgIpc) is 2.93. The summed E-state index contributed by atoms with van der Waals surface area (Å²) in [5, 5.41) is 0. The Bertz CT molecular complexity index is 674. The van der Waals surface area contributed by atoms with Crippen LogP contribution >= 0.6 is 15.9 Å². The number of nitrogens with zero attached hydrogens (tertiary/aromatic N) is 1. The molecule has 0 N–H and O–H groups in total. The Morgan fingerprint density at radius 1 is 1.19 bits per heavy atom. The van der Waals surface area contributed by atoms with Crippen molar-refractivity contribution < 1.29 is 23.5 Å². The first kappa shape index (κ1) is 15.2. The van der Waals surface area contributed by atoms with Crippen LogP contribution in [0.25, 0.3) is 11.5 Å². The lowest BCUT2D eigenvalue weighted by molar-refractivity contribution is 0.0527. The predicted molar refractivity (Wildman–Crippen MR) is 77.1 cm³/mol. The molecule has 0 aliphatic carbocycles. The van der Waals surface area contributed by atoms with E-state index in [1.54, 1.807) is 6.07 Å². The number of esters is 2. The molecule has 6 nitrogen and oxygen atoms in total. The van der Waals surface area contributed by atoms with Gasteiger partial charge in [0.05, 0.1) is 19.8 Å². The molecule has 0 aliphatic heterocycles. The highest BCUT2D eigenvalue weighted by Crippen LogP contribution is 2.31. The summed E-state index contributed by atoms with van der Waals surface area (Å²) in [4.78, 5) is 27.4. The summed E-state index contributed by atoms with van der Waals surface area (Å²) in [5.41, 5.74) is 1.37. The molecular formula is C14H12BrNO5. The highest BCUT2D eigenvalue weighted by atomic mass is 79.9. The average molecular weight is 354 g/mol. The predicted octanol–water partition coefficient (Wildman–Crippen LogP) is 2.99. The van der Waals surface area contributed by atoms with E-state index in [9.17, 15) is 9.59 Å². The second kappa shape index (κ2) is 6.09. The summed E-state index contributed by atoms with van der Waals surface area (Å²) >= 11 is 3.43. The van der Waals surface area contributed by atoms with Crippen LogP contribution in [0.5, 0.6) is 0 Å². The highest BCUT2D eigenvalue weighted by molar-refractivity contribution is 9.10. The van der Waals surface area contributed by atoms with Gasteiger partial charge in [-0.1, -0.05) is 12.1 Å². The first-order valence-corrected chi connectivity index (χ1v) is 6.71. The zero-order valence-corrected chi connectivity index (χ0v) is 13.2. The first-order valence-electron chi connectivity index (χ1n) is 5.92. The van der Waals surface area contributed by atoms with Gasteiger partial charge < -0.3 is 13.9 Å². The molecule has 0 spiro atoms. The van der Waals surface area contributed by atoms with Gasteiger partial charge in [-0.15, -0.1) is 0 Å². The minimum absolute atomic E-state index is 0.131. The van der Waals surface area contributed by atoms with Gasteiger partial charge in [0.15, 0.2) is 0 Å². The van der Waals surface area contributed by atoms with Crippen LogP contribution in [0.2, 0.25) is 0 Å². The molecule has 2 aromatic rings. The second-order valence-corrected chi connectivity index (χ2v) is 4.91. The van der Waals surface area contributed by atoms with Crippen molar-refractivity contribution in [3.63, 3.8) is 0 Å². The molecular weight excluding hydrogens is 342 g/mol. The molecule has 2 rings (SSSR count). The molecule has 7 heteroatoms. The van der Waals surface area contributed by atoms with E-state index in [1.165, 1.54) is 14.2 Å². The van der Waals surface area contributed by atoms with Crippen molar-refractivity contribution >= 4 is 27.9 Å². The molecule has 0 atom stereocenters. The fraction of sp³-hybridized carbons (Fsp3) is 0.214. The van der Waals surface area contributed by atoms with Gasteiger partial charge in [-0.2, -0.15) is 0 Å². The van der Waals surface area contributed by atoms with E-state index in [0.29, 0.717) is 5.56 Å². The largest absolute Gasteiger partial charge is 0.464 e. The van der Waals surface area contributed by atoms with E-state index >= 15 is 0 Å². The molecule has 0 saturated carbocycles. The molecule has 1 heterocycles. The zero-order chi connectivity index (χ0) is 15.6. The molecule has 0 saturated heterocycles. The van der Waals surface area contributed by atoms with Crippen molar-refractivity contribution in [2.75, 3.05) is 14.2 Å². The lowest BCUT2D eigenvalue weighted by atomic mass is 10.1. The number of aromatic nitrogens is 1. The van der Waals surface area contributed by atoms with Crippen molar-refractivity contribution in [1.82, 2.24) is 4.98 Å². The van der Waals surface area contributed by atoms with Crippen LogP contribution in [0.1, 0.15) is 26.6 Å². The van der Waals surface area contributed by atoms with Crippen LogP contribution in [0, 0.1) is 6.92 Å². The number of halogens is 1. The Morgan fingerprint density at radius 3 is 2.48 bits per heavy atom. The highest BCUT2D eigenvalue weighted by Gasteiger charge is 2.28. The number of carbonyl (C=O) groups is 2. The van der Waals surface area contributed by atoms with Gasteiger partial charge in [0, 0.05) is 4.47 Å². The number of hydrogen-bond acceptors (Lipinski definition) is 6. The zero-order valence-electron chi connectivity index (χ0n) is 11.6. The lowest BCUT2D eigenvalue weighted by Crippen LogP contribution is -2.10. The summed E-state index contributed by atoms with van der Waals surface area (Å²) in [7, 11) is 2.38. The first-order chi connectivity index (χ1) is 9.99. The number of benzene rings is 1. The Morgan fingerprint density at radius 2 is 1.86 bits per heavy atom. The van der Waals surface area contributed by atoms with Crippen LogP contribution in [-0.4, -0.2) is 31.1 Å². The van der Waals surface area contributed by atoms with Gasteiger partial charge in [0.2, 0.25) is 17.3 Å². The maximum Gasteiger partial charge on any atom is 0.376 e. The molecule has 110 valence electrons. The summed E-state index contributed by atoms with van der Waals surface area (Å²) in [6, 6.07) is 5.47. The number of methoxy groups -OCH3 is 2. The third-order valence-corrected chi connectivity index (χ3v) is 3.85. The molecule has 0 bridgehead atoms. The van der Waals surface area contributed by atoms with Crippen molar-refractivity contribution in [2.45, 2.75) is 6.92 Å². The Labute approximate surface area is 129 Å². The van der Waals surface area contributed by atoms with Gasteiger partial charge in [-0.05, 0) is 34.5 Å². The maximum atomic E-state index is 11.7. The van der Waals surface area contributed by atoms with E-state index in [2.05, 4.69) is 30.4 Å². The molecule has 1 aromatic carbocycles. The molecule has 0 radical (unpaired) electrons. The van der Waals surface area contributed by atoms with Gasteiger partial charge in [-0.25, -0.2) is 14.6 Å². The summed E-state index contributed by atoms with van der Waals surface area (Å²) in [6.45, 7) is 1.90. The normalized spacial score (nSPS) is 10.3. The summed E-state index contributed by atoms with van der Waals surface area (Å²) in [6.07, 6.45) is 0. The molecule has 21 heavy (non-hydrogen) atoms. The van der Waals surface area contributed by atoms with E-state index < -0.39 is 11.9 Å². The molecule has 0 aliphatic rings. The number of oxazole rings is 1. The van der Waals surface area contributed by atoms with Crippen molar-refractivity contribution in [3.05, 3.63) is 39.7 Å². The van der Waals surface area contributed by atoms with E-state index in [1.807, 2.05) is 19.1 Å².